The van der Waals surface area contributed by atoms with Crippen molar-refractivity contribution in [2.24, 2.45) is 5.92 Å². The van der Waals surface area contributed by atoms with E-state index in [0.717, 1.165) is 32.3 Å². The maximum absolute atomic E-state index is 5.68. The molecule has 3 heteroatoms. The number of nitrogens with one attached hydrogen (secondary N) is 1. The highest BCUT2D eigenvalue weighted by atomic mass is 16.5. The average molecular weight is 255 g/mol. The summed E-state index contributed by atoms with van der Waals surface area (Å²) in [6, 6.07) is 0. The fourth-order valence-corrected chi connectivity index (χ4v) is 3.00. The van der Waals surface area contributed by atoms with E-state index in [1.54, 1.807) is 0 Å². The molecule has 0 bridgehead atoms. The van der Waals surface area contributed by atoms with Crippen LogP contribution in [-0.2, 0) is 9.47 Å². The van der Waals surface area contributed by atoms with E-state index in [4.69, 9.17) is 9.47 Å². The maximum atomic E-state index is 5.68. The van der Waals surface area contributed by atoms with E-state index in [9.17, 15) is 0 Å². The highest BCUT2D eigenvalue weighted by Crippen LogP contribution is 2.22. The first kappa shape index (κ1) is 14.3. The van der Waals surface area contributed by atoms with Crippen molar-refractivity contribution in [1.29, 1.82) is 0 Å². The SMILES string of the molecule is C1CCC(CNCCOCC2CCCCO2)CC1. The molecule has 0 aromatic carbocycles. The Morgan fingerprint density at radius 3 is 2.61 bits per heavy atom. The second kappa shape index (κ2) is 8.89. The fraction of sp³-hybridized carbons (Fsp3) is 1.00. The molecule has 2 rings (SSSR count). The first-order valence-corrected chi connectivity index (χ1v) is 7.85. The van der Waals surface area contributed by atoms with Crippen LogP contribution < -0.4 is 5.32 Å². The minimum atomic E-state index is 0.358. The highest BCUT2D eigenvalue weighted by Gasteiger charge is 2.14. The molecule has 1 heterocycles. The summed E-state index contributed by atoms with van der Waals surface area (Å²) < 4.78 is 11.3. The van der Waals surface area contributed by atoms with Crippen LogP contribution in [0, 0.1) is 5.92 Å². The third kappa shape index (κ3) is 5.68. The third-order valence-electron chi connectivity index (χ3n) is 4.16. The van der Waals surface area contributed by atoms with Crippen molar-refractivity contribution in [3.63, 3.8) is 0 Å². The lowest BCUT2D eigenvalue weighted by molar-refractivity contribution is -0.0399. The van der Waals surface area contributed by atoms with E-state index in [1.165, 1.54) is 57.9 Å². The first-order chi connectivity index (χ1) is 8.95. The molecule has 0 aromatic rings. The Bertz CT molecular complexity index is 177. The summed E-state index contributed by atoms with van der Waals surface area (Å²) in [7, 11) is 0. The van der Waals surface area contributed by atoms with Crippen LogP contribution in [0.1, 0.15) is 51.4 Å². The third-order valence-corrected chi connectivity index (χ3v) is 4.16. The maximum Gasteiger partial charge on any atom is 0.0808 e. The van der Waals surface area contributed by atoms with Gasteiger partial charge >= 0.3 is 0 Å². The zero-order chi connectivity index (χ0) is 12.5. The summed E-state index contributed by atoms with van der Waals surface area (Å²) in [5.41, 5.74) is 0. The van der Waals surface area contributed by atoms with Gasteiger partial charge in [-0.1, -0.05) is 19.3 Å². The number of hydrogen-bond donors (Lipinski definition) is 1. The van der Waals surface area contributed by atoms with E-state index in [0.29, 0.717) is 6.10 Å². The number of rotatable bonds is 7. The Kier molecular flexibility index (Phi) is 7.06. The summed E-state index contributed by atoms with van der Waals surface area (Å²) in [5, 5.41) is 3.53. The van der Waals surface area contributed by atoms with Gasteiger partial charge in [0.2, 0.25) is 0 Å². The minimum absolute atomic E-state index is 0.358. The van der Waals surface area contributed by atoms with E-state index >= 15 is 0 Å². The molecule has 2 fully saturated rings. The zero-order valence-electron chi connectivity index (χ0n) is 11.7. The molecule has 1 aliphatic heterocycles. The van der Waals surface area contributed by atoms with Gasteiger partial charge in [0.25, 0.3) is 0 Å². The first-order valence-electron chi connectivity index (χ1n) is 7.85. The van der Waals surface area contributed by atoms with Crippen LogP contribution >= 0.6 is 0 Å². The van der Waals surface area contributed by atoms with Gasteiger partial charge in [0.1, 0.15) is 0 Å². The van der Waals surface area contributed by atoms with Gasteiger partial charge in [-0.15, -0.1) is 0 Å². The van der Waals surface area contributed by atoms with Gasteiger partial charge in [0.05, 0.1) is 19.3 Å². The van der Waals surface area contributed by atoms with Gasteiger partial charge in [-0.05, 0) is 44.6 Å². The molecule has 0 spiro atoms. The zero-order valence-corrected chi connectivity index (χ0v) is 11.7. The van der Waals surface area contributed by atoms with Gasteiger partial charge in [-0.2, -0.15) is 0 Å². The van der Waals surface area contributed by atoms with Gasteiger partial charge in [-0.3, -0.25) is 0 Å². The lowest BCUT2D eigenvalue weighted by atomic mass is 9.89. The predicted molar refractivity (Wildman–Crippen MR) is 73.9 cm³/mol. The van der Waals surface area contributed by atoms with E-state index < -0.39 is 0 Å². The molecule has 18 heavy (non-hydrogen) atoms. The Labute approximate surface area is 112 Å². The second-order valence-electron chi connectivity index (χ2n) is 5.77. The molecule has 1 N–H and O–H groups in total. The van der Waals surface area contributed by atoms with Crippen LogP contribution in [0.5, 0.6) is 0 Å². The Morgan fingerprint density at radius 1 is 1.00 bits per heavy atom. The van der Waals surface area contributed by atoms with E-state index in [2.05, 4.69) is 5.32 Å². The molecule has 106 valence electrons. The Balaban J connectivity index is 1.39. The van der Waals surface area contributed by atoms with Crippen molar-refractivity contribution in [3.8, 4) is 0 Å². The summed E-state index contributed by atoms with van der Waals surface area (Å²) in [4.78, 5) is 0. The lowest BCUT2D eigenvalue weighted by Gasteiger charge is -2.23. The molecule has 1 atom stereocenters. The normalized spacial score (nSPS) is 26.3. The largest absolute Gasteiger partial charge is 0.377 e. The lowest BCUT2D eigenvalue weighted by Crippen LogP contribution is -2.29. The van der Waals surface area contributed by atoms with Crippen LogP contribution in [0.2, 0.25) is 0 Å². The van der Waals surface area contributed by atoms with Gasteiger partial charge in [-0.25, -0.2) is 0 Å². The van der Waals surface area contributed by atoms with Crippen LogP contribution in [0.4, 0.5) is 0 Å². The smallest absolute Gasteiger partial charge is 0.0808 e. The van der Waals surface area contributed by atoms with Crippen LogP contribution in [0.15, 0.2) is 0 Å². The summed E-state index contributed by atoms with van der Waals surface area (Å²) >= 11 is 0. The molecule has 3 nitrogen and oxygen atoms in total. The Morgan fingerprint density at radius 2 is 1.83 bits per heavy atom. The van der Waals surface area contributed by atoms with Crippen LogP contribution in [0.3, 0.4) is 0 Å². The van der Waals surface area contributed by atoms with Crippen molar-refractivity contribution in [2.75, 3.05) is 32.9 Å². The molecule has 0 amide bonds. The van der Waals surface area contributed by atoms with Gasteiger partial charge in [0.15, 0.2) is 0 Å². The molecule has 1 aliphatic carbocycles. The standard InChI is InChI=1S/C15H29NO2/c1-2-6-14(7-3-1)12-16-9-11-17-13-15-8-4-5-10-18-15/h14-16H,1-13H2. The van der Waals surface area contributed by atoms with Crippen LogP contribution in [-0.4, -0.2) is 39.0 Å². The van der Waals surface area contributed by atoms with Crippen molar-refractivity contribution >= 4 is 0 Å². The number of hydrogen-bond acceptors (Lipinski definition) is 3. The summed E-state index contributed by atoms with van der Waals surface area (Å²) in [5.74, 6) is 0.917. The summed E-state index contributed by atoms with van der Waals surface area (Å²) in [6.07, 6.45) is 11.2. The van der Waals surface area contributed by atoms with Gasteiger partial charge in [0, 0.05) is 13.2 Å². The van der Waals surface area contributed by atoms with Crippen molar-refractivity contribution in [2.45, 2.75) is 57.5 Å². The van der Waals surface area contributed by atoms with E-state index in [-0.39, 0.29) is 0 Å². The minimum Gasteiger partial charge on any atom is -0.377 e. The molecule has 1 unspecified atom stereocenters. The average Bonchev–Trinajstić information content (AvgIpc) is 2.45. The fourth-order valence-electron chi connectivity index (χ4n) is 3.00. The van der Waals surface area contributed by atoms with Crippen molar-refractivity contribution in [3.05, 3.63) is 0 Å². The van der Waals surface area contributed by atoms with Crippen LogP contribution in [0.25, 0.3) is 0 Å². The molecule has 1 saturated heterocycles. The molecular formula is C15H29NO2. The van der Waals surface area contributed by atoms with Gasteiger partial charge < -0.3 is 14.8 Å². The molecule has 2 aliphatic rings. The topological polar surface area (TPSA) is 30.5 Å². The van der Waals surface area contributed by atoms with E-state index in [1.807, 2.05) is 0 Å². The van der Waals surface area contributed by atoms with Crippen molar-refractivity contribution < 1.29 is 9.47 Å². The molecule has 1 saturated carbocycles. The quantitative estimate of drug-likeness (QED) is 0.710. The molecular weight excluding hydrogens is 226 g/mol. The van der Waals surface area contributed by atoms with Crippen molar-refractivity contribution in [1.82, 2.24) is 5.32 Å². The summed E-state index contributed by atoms with van der Waals surface area (Å²) in [6.45, 7) is 4.71. The monoisotopic (exact) mass is 255 g/mol. The molecule has 0 aromatic heterocycles. The number of ether oxygens (including phenoxy) is 2. The predicted octanol–water partition coefficient (Wildman–Crippen LogP) is 2.74. The molecule has 0 radical (unpaired) electrons. The highest BCUT2D eigenvalue weighted by molar-refractivity contribution is 4.68. The Hall–Kier alpha value is -0.120. The second-order valence-corrected chi connectivity index (χ2v) is 5.77.